The first kappa shape index (κ1) is 19.9. The van der Waals surface area contributed by atoms with Gasteiger partial charge < -0.3 is 9.80 Å². The quantitative estimate of drug-likeness (QED) is 0.604. The monoisotopic (exact) mass is 456 g/mol. The van der Waals surface area contributed by atoms with Crippen molar-refractivity contribution < 1.29 is 0 Å². The Kier molecular flexibility index (Phi) is 5.61. The van der Waals surface area contributed by atoms with Crippen LogP contribution >= 0.6 is 15.9 Å². The molecule has 0 spiro atoms. The van der Waals surface area contributed by atoms with Crippen LogP contribution in [0, 0.1) is 0 Å². The van der Waals surface area contributed by atoms with E-state index in [4.69, 9.17) is 0 Å². The lowest BCUT2D eigenvalue weighted by Crippen LogP contribution is -2.45. The van der Waals surface area contributed by atoms with Crippen molar-refractivity contribution in [1.29, 1.82) is 0 Å². The maximum absolute atomic E-state index is 13.0. The predicted molar refractivity (Wildman–Crippen MR) is 121 cm³/mol. The minimum atomic E-state index is -0.280. The van der Waals surface area contributed by atoms with Crippen molar-refractivity contribution in [3.8, 4) is 0 Å². The van der Waals surface area contributed by atoms with E-state index >= 15 is 0 Å². The summed E-state index contributed by atoms with van der Waals surface area (Å²) in [6.45, 7) is 4.41. The highest BCUT2D eigenvalue weighted by Gasteiger charge is 2.17. The van der Waals surface area contributed by atoms with E-state index in [2.05, 4.69) is 51.0 Å². The van der Waals surface area contributed by atoms with Gasteiger partial charge in [0, 0.05) is 49.9 Å². The Morgan fingerprint density at radius 2 is 1.69 bits per heavy atom. The molecule has 1 aliphatic rings. The molecule has 7 heteroatoms. The van der Waals surface area contributed by atoms with Gasteiger partial charge in [0.15, 0.2) is 0 Å². The largest absolute Gasteiger partial charge is 0.369 e. The van der Waals surface area contributed by atoms with Crippen LogP contribution in [0.15, 0.2) is 56.5 Å². The molecule has 152 valence electrons. The van der Waals surface area contributed by atoms with Crippen LogP contribution in [0.25, 0.3) is 10.9 Å². The van der Waals surface area contributed by atoms with E-state index in [0.29, 0.717) is 23.9 Å². The van der Waals surface area contributed by atoms with Gasteiger partial charge in [0.1, 0.15) is 0 Å². The lowest BCUT2D eigenvalue weighted by molar-refractivity contribution is 0.312. The van der Waals surface area contributed by atoms with Gasteiger partial charge in [0.05, 0.1) is 10.9 Å². The van der Waals surface area contributed by atoms with Crippen LogP contribution < -0.4 is 16.1 Å². The molecule has 1 fully saturated rings. The number of benzene rings is 2. The van der Waals surface area contributed by atoms with Crippen molar-refractivity contribution in [2.75, 3.05) is 38.1 Å². The third kappa shape index (κ3) is 3.89. The second-order valence-corrected chi connectivity index (χ2v) is 8.54. The smallest absolute Gasteiger partial charge is 0.331 e. The molecular weight excluding hydrogens is 432 g/mol. The van der Waals surface area contributed by atoms with Gasteiger partial charge in [-0.1, -0.05) is 34.1 Å². The van der Waals surface area contributed by atoms with Gasteiger partial charge in [-0.05, 0) is 43.3 Å². The predicted octanol–water partition coefficient (Wildman–Crippen LogP) is 2.46. The standard InChI is InChI=1S/C22H25BrN4O2/c1-24-11-13-26(14-12-24)19-6-4-3-5-16(19)9-10-27-21(28)18-8-7-17(23)15-20(18)25(2)22(27)29/h3-8,15H,9-14H2,1-2H3. The normalized spacial score (nSPS) is 15.2. The summed E-state index contributed by atoms with van der Waals surface area (Å²) in [5.74, 6) is 0. The number of likely N-dealkylation sites (N-methyl/N-ethyl adjacent to an activating group) is 1. The lowest BCUT2D eigenvalue weighted by Gasteiger charge is -2.35. The van der Waals surface area contributed by atoms with Gasteiger partial charge in [0.2, 0.25) is 0 Å². The number of hydrogen-bond acceptors (Lipinski definition) is 4. The highest BCUT2D eigenvalue weighted by Crippen LogP contribution is 2.22. The summed E-state index contributed by atoms with van der Waals surface area (Å²) in [6, 6.07) is 13.7. The third-order valence-electron chi connectivity index (χ3n) is 5.75. The molecule has 0 bridgehead atoms. The van der Waals surface area contributed by atoms with Gasteiger partial charge >= 0.3 is 5.69 Å². The van der Waals surface area contributed by atoms with E-state index in [1.54, 1.807) is 17.7 Å². The Labute approximate surface area is 178 Å². The minimum Gasteiger partial charge on any atom is -0.369 e. The molecule has 0 amide bonds. The molecule has 0 atom stereocenters. The Morgan fingerprint density at radius 3 is 2.45 bits per heavy atom. The number of fused-ring (bicyclic) bond motifs is 1. The van der Waals surface area contributed by atoms with Gasteiger partial charge in [-0.15, -0.1) is 0 Å². The van der Waals surface area contributed by atoms with Crippen LogP contribution in [0.1, 0.15) is 5.56 Å². The molecule has 2 aromatic carbocycles. The van der Waals surface area contributed by atoms with Crippen LogP contribution in [0.4, 0.5) is 5.69 Å². The first-order valence-corrected chi connectivity index (χ1v) is 10.7. The molecule has 3 aromatic rings. The number of nitrogens with zero attached hydrogens (tertiary/aromatic N) is 4. The van der Waals surface area contributed by atoms with Gasteiger partial charge in [-0.3, -0.25) is 13.9 Å². The van der Waals surface area contributed by atoms with E-state index < -0.39 is 0 Å². The van der Waals surface area contributed by atoms with E-state index in [0.717, 1.165) is 30.7 Å². The number of halogens is 1. The number of hydrogen-bond donors (Lipinski definition) is 0. The van der Waals surface area contributed by atoms with Crippen LogP contribution in [-0.4, -0.2) is 47.3 Å². The van der Waals surface area contributed by atoms with Crippen LogP contribution in [-0.2, 0) is 20.0 Å². The zero-order valence-corrected chi connectivity index (χ0v) is 18.4. The van der Waals surface area contributed by atoms with Gasteiger partial charge in [-0.2, -0.15) is 0 Å². The molecule has 0 N–H and O–H groups in total. The lowest BCUT2D eigenvalue weighted by atomic mass is 10.1. The molecule has 29 heavy (non-hydrogen) atoms. The van der Waals surface area contributed by atoms with Crippen LogP contribution in [0.3, 0.4) is 0 Å². The summed E-state index contributed by atoms with van der Waals surface area (Å²) in [7, 11) is 3.86. The zero-order chi connectivity index (χ0) is 20.5. The summed E-state index contributed by atoms with van der Waals surface area (Å²) in [6.07, 6.45) is 0.639. The molecule has 1 aliphatic heterocycles. The van der Waals surface area contributed by atoms with Crippen molar-refractivity contribution in [1.82, 2.24) is 14.0 Å². The van der Waals surface area contributed by atoms with Crippen molar-refractivity contribution in [3.63, 3.8) is 0 Å². The van der Waals surface area contributed by atoms with E-state index in [9.17, 15) is 9.59 Å². The molecule has 1 saturated heterocycles. The molecular formula is C22H25BrN4O2. The molecule has 4 rings (SSSR count). The fraction of sp³-hybridized carbons (Fsp3) is 0.364. The maximum atomic E-state index is 13.0. The molecule has 2 heterocycles. The minimum absolute atomic E-state index is 0.229. The molecule has 0 unspecified atom stereocenters. The Balaban J connectivity index is 1.65. The molecule has 0 aliphatic carbocycles. The summed E-state index contributed by atoms with van der Waals surface area (Å²) in [4.78, 5) is 30.6. The third-order valence-corrected chi connectivity index (χ3v) is 6.25. The first-order chi connectivity index (χ1) is 14.0. The van der Waals surface area contributed by atoms with E-state index in [1.165, 1.54) is 15.8 Å². The fourth-order valence-electron chi connectivity index (χ4n) is 3.99. The zero-order valence-electron chi connectivity index (χ0n) is 16.8. The van der Waals surface area contributed by atoms with Crippen molar-refractivity contribution in [2.24, 2.45) is 7.05 Å². The SMILES string of the molecule is CN1CCN(c2ccccc2CCn2c(=O)c3ccc(Br)cc3n(C)c2=O)CC1. The number of piperazine rings is 1. The highest BCUT2D eigenvalue weighted by molar-refractivity contribution is 9.10. The van der Waals surface area contributed by atoms with Crippen LogP contribution in [0.2, 0.25) is 0 Å². The average Bonchev–Trinajstić information content (AvgIpc) is 2.73. The van der Waals surface area contributed by atoms with E-state index in [1.807, 2.05) is 18.2 Å². The van der Waals surface area contributed by atoms with Gasteiger partial charge in [-0.25, -0.2) is 4.79 Å². The average molecular weight is 457 g/mol. The summed E-state index contributed by atoms with van der Waals surface area (Å²) in [5, 5.41) is 0.558. The van der Waals surface area contributed by atoms with Crippen LogP contribution in [0.5, 0.6) is 0 Å². The molecule has 1 aromatic heterocycles. The summed E-state index contributed by atoms with van der Waals surface area (Å²) < 4.78 is 3.75. The maximum Gasteiger partial charge on any atom is 0.331 e. The molecule has 6 nitrogen and oxygen atoms in total. The number of anilines is 1. The summed E-state index contributed by atoms with van der Waals surface area (Å²) >= 11 is 3.41. The summed E-state index contributed by atoms with van der Waals surface area (Å²) in [5.41, 5.74) is 2.51. The molecule has 0 radical (unpaired) electrons. The fourth-order valence-corrected chi connectivity index (χ4v) is 4.34. The Hall–Kier alpha value is -2.38. The first-order valence-electron chi connectivity index (χ1n) is 9.86. The van der Waals surface area contributed by atoms with Crippen molar-refractivity contribution >= 4 is 32.5 Å². The Bertz CT molecular complexity index is 1160. The van der Waals surface area contributed by atoms with E-state index in [-0.39, 0.29) is 11.2 Å². The second-order valence-electron chi connectivity index (χ2n) is 7.63. The topological polar surface area (TPSA) is 50.5 Å². The van der Waals surface area contributed by atoms with Gasteiger partial charge in [0.25, 0.3) is 5.56 Å². The number of aryl methyl sites for hydroxylation is 2. The number of aromatic nitrogens is 2. The number of para-hydroxylation sites is 1. The highest BCUT2D eigenvalue weighted by atomic mass is 79.9. The second kappa shape index (κ2) is 8.16. The van der Waals surface area contributed by atoms with Crippen molar-refractivity contribution in [2.45, 2.75) is 13.0 Å². The number of rotatable bonds is 4. The molecule has 0 saturated carbocycles. The Morgan fingerprint density at radius 1 is 0.966 bits per heavy atom. The van der Waals surface area contributed by atoms with Crippen molar-refractivity contribution in [3.05, 3.63) is 73.3 Å².